The molecule has 0 spiro atoms. The second-order valence-electron chi connectivity index (χ2n) is 33.3. The number of carbonyl (C=O) groups is 13. The Morgan fingerprint density at radius 3 is 0.800 bits per heavy atom. The molecule has 0 aliphatic carbocycles. The van der Waals surface area contributed by atoms with Gasteiger partial charge in [0, 0.05) is 224 Å². The SMILES string of the molecule is CC(C)(C)C(=O)CCC(OC=O)N1CCN(COC=O)CCN(CC(=O)O)CC1.CCN1CCN(COC=O)CCN(C(CCC(=O)C(C)(C)C)C(=O)O)CCN(CC(=O)O)CC1.CCN1CCN(COC=O)CCN(CC(=O)C(C)(C)C)CCN(CC(=O)O)CC1.CCN1CCN(COC=O)CCN(CC(=O)C(C)(C)CC)CC1. The van der Waals surface area contributed by atoms with Gasteiger partial charge in [0.25, 0.3) is 32.4 Å². The Kier molecular flexibility index (Phi) is 53.9. The third-order valence-electron chi connectivity index (χ3n) is 21.3. The van der Waals surface area contributed by atoms with Crippen molar-refractivity contribution in [1.82, 2.24) is 68.6 Å². The molecule has 2 unspecified atom stereocenters. The Morgan fingerprint density at radius 2 is 0.548 bits per heavy atom. The second kappa shape index (κ2) is 58.3. The molecule has 36 heteroatoms. The van der Waals surface area contributed by atoms with Crippen LogP contribution in [0.5, 0.6) is 0 Å². The molecule has 4 aliphatic rings. The lowest BCUT2D eigenvalue weighted by Crippen LogP contribution is -2.51. The van der Waals surface area contributed by atoms with Crippen LogP contribution < -0.4 is 0 Å². The Morgan fingerprint density at radius 1 is 0.304 bits per heavy atom. The van der Waals surface area contributed by atoms with Crippen LogP contribution in [0.15, 0.2) is 0 Å². The highest BCUT2D eigenvalue weighted by Gasteiger charge is 2.34. The first kappa shape index (κ1) is 106. The van der Waals surface area contributed by atoms with Crippen molar-refractivity contribution in [3.8, 4) is 0 Å². The lowest BCUT2D eigenvalue weighted by Gasteiger charge is -2.35. The monoisotopic (exact) mass is 1640 g/mol. The molecule has 0 saturated carbocycles. The minimum absolute atomic E-state index is 0.00118. The predicted octanol–water partition coefficient (Wildman–Crippen LogP) is 1.43. The Bertz CT molecular complexity index is 2850. The highest BCUT2D eigenvalue weighted by atomic mass is 16.5. The van der Waals surface area contributed by atoms with Gasteiger partial charge in [-0.15, -0.1) is 0 Å². The molecule has 664 valence electrons. The molecule has 4 rings (SSSR count). The second-order valence-corrected chi connectivity index (χ2v) is 33.3. The van der Waals surface area contributed by atoms with Crippen LogP contribution in [0.1, 0.15) is 136 Å². The number of carboxylic acids is 4. The summed E-state index contributed by atoms with van der Waals surface area (Å²) in [5, 5.41) is 37.7. The maximum absolute atomic E-state index is 12.6. The Hall–Kier alpha value is -6.65. The Balaban J connectivity index is 0.000000773. The number of hydrogen-bond donors (Lipinski definition) is 4. The zero-order chi connectivity index (χ0) is 86.7. The summed E-state index contributed by atoms with van der Waals surface area (Å²) in [5.41, 5.74) is -1.70. The number of ether oxygens (including phenoxy) is 5. The lowest BCUT2D eigenvalue weighted by molar-refractivity contribution is -0.147. The number of carbonyl (C=O) groups excluding carboxylic acids is 9. The number of rotatable bonds is 38. The molecule has 2 atom stereocenters. The van der Waals surface area contributed by atoms with Crippen molar-refractivity contribution < 1.29 is 106 Å². The van der Waals surface area contributed by atoms with E-state index in [0.29, 0.717) is 189 Å². The fraction of sp³-hybridized carbons (Fsp3) is 0.835. The average Bonchev–Trinajstić information content (AvgIpc) is 1.12. The van der Waals surface area contributed by atoms with Crippen LogP contribution in [0.4, 0.5) is 0 Å². The van der Waals surface area contributed by atoms with Crippen LogP contribution >= 0.6 is 0 Å². The van der Waals surface area contributed by atoms with Crippen LogP contribution in [-0.4, -0.2) is 443 Å². The van der Waals surface area contributed by atoms with E-state index in [9.17, 15) is 77.6 Å². The van der Waals surface area contributed by atoms with Gasteiger partial charge in [0.1, 0.15) is 44.5 Å². The van der Waals surface area contributed by atoms with E-state index in [4.69, 9.17) is 28.8 Å². The number of ketones is 4. The maximum atomic E-state index is 12.6. The third-order valence-corrected chi connectivity index (χ3v) is 21.3. The van der Waals surface area contributed by atoms with Crippen LogP contribution in [0.25, 0.3) is 0 Å². The first-order valence-corrected chi connectivity index (χ1v) is 40.7. The fourth-order valence-electron chi connectivity index (χ4n) is 12.6. The Labute approximate surface area is 684 Å². The van der Waals surface area contributed by atoms with Crippen molar-refractivity contribution in [2.45, 2.75) is 148 Å². The first-order valence-electron chi connectivity index (χ1n) is 40.7. The van der Waals surface area contributed by atoms with Gasteiger partial charge in [0.2, 0.25) is 0 Å². The highest BCUT2D eigenvalue weighted by Crippen LogP contribution is 2.24. The molecule has 0 bridgehead atoms. The third kappa shape index (κ3) is 48.1. The summed E-state index contributed by atoms with van der Waals surface area (Å²) in [4.78, 5) is 178. The minimum Gasteiger partial charge on any atom is -0.480 e. The van der Waals surface area contributed by atoms with Crippen LogP contribution in [-0.2, 0) is 86.0 Å². The normalized spacial score (nSPS) is 19.4. The van der Waals surface area contributed by atoms with Crippen LogP contribution in [0.2, 0.25) is 0 Å². The summed E-state index contributed by atoms with van der Waals surface area (Å²) < 4.78 is 24.9. The van der Waals surface area contributed by atoms with Crippen LogP contribution in [0.3, 0.4) is 0 Å². The van der Waals surface area contributed by atoms with Gasteiger partial charge in [-0.3, -0.25) is 116 Å². The van der Waals surface area contributed by atoms with Gasteiger partial charge >= 0.3 is 23.9 Å². The summed E-state index contributed by atoms with van der Waals surface area (Å²) in [6, 6.07) is -0.873. The first-order chi connectivity index (χ1) is 54.2. The quantitative estimate of drug-likeness (QED) is 0.0502. The molecular formula is C79H146N14O22. The lowest BCUT2D eigenvalue weighted by atomic mass is 9.85. The average molecular weight is 1640 g/mol. The van der Waals surface area contributed by atoms with E-state index >= 15 is 0 Å². The van der Waals surface area contributed by atoms with Crippen molar-refractivity contribution in [1.29, 1.82) is 0 Å². The van der Waals surface area contributed by atoms with Gasteiger partial charge in [-0.25, -0.2) is 0 Å². The highest BCUT2D eigenvalue weighted by molar-refractivity contribution is 5.86. The molecule has 4 saturated heterocycles. The summed E-state index contributed by atoms with van der Waals surface area (Å²) in [5.74, 6) is -3.16. The molecule has 0 aromatic heterocycles. The number of nitrogens with zero attached hydrogens (tertiary/aromatic N) is 14. The number of aliphatic carboxylic acids is 4. The molecule has 0 aromatic carbocycles. The number of carboxylic acid groups (broad SMARTS) is 4. The van der Waals surface area contributed by atoms with E-state index in [1.165, 1.54) is 0 Å². The van der Waals surface area contributed by atoms with E-state index in [1.54, 1.807) is 9.80 Å². The maximum Gasteiger partial charge on any atom is 0.320 e. The topological polar surface area (TPSA) is 394 Å². The van der Waals surface area contributed by atoms with Gasteiger partial charge in [-0.05, 0) is 32.5 Å². The van der Waals surface area contributed by atoms with E-state index in [2.05, 4.69) is 55.1 Å². The molecule has 0 aromatic rings. The molecule has 4 heterocycles. The van der Waals surface area contributed by atoms with E-state index < -0.39 is 52.4 Å². The van der Waals surface area contributed by atoms with Crippen LogP contribution in [0, 0.1) is 21.7 Å². The molecule has 36 nitrogen and oxygen atoms in total. The largest absolute Gasteiger partial charge is 0.480 e. The minimum atomic E-state index is -1.01. The summed E-state index contributed by atoms with van der Waals surface area (Å²) >= 11 is 0. The molecular weight excluding hydrogens is 1500 g/mol. The van der Waals surface area contributed by atoms with Gasteiger partial charge in [0.15, 0.2) is 17.8 Å². The van der Waals surface area contributed by atoms with Gasteiger partial charge < -0.3 is 58.8 Å². The van der Waals surface area contributed by atoms with E-state index in [0.717, 1.165) is 85.0 Å². The number of likely N-dealkylation sites (N-methyl/N-ethyl adjacent to an activating group) is 3. The molecule has 0 radical (unpaired) electrons. The fourth-order valence-corrected chi connectivity index (χ4v) is 12.6. The van der Waals surface area contributed by atoms with Crippen molar-refractivity contribution in [3.05, 3.63) is 0 Å². The van der Waals surface area contributed by atoms with Gasteiger partial charge in [-0.1, -0.05) is 104 Å². The van der Waals surface area contributed by atoms with Crippen molar-refractivity contribution >= 4 is 79.4 Å². The van der Waals surface area contributed by atoms with Crippen molar-refractivity contribution in [2.24, 2.45) is 21.7 Å². The molecule has 4 aliphatic heterocycles. The zero-order valence-electron chi connectivity index (χ0n) is 72.3. The molecule has 4 N–H and O–H groups in total. The predicted molar refractivity (Wildman–Crippen MR) is 432 cm³/mol. The van der Waals surface area contributed by atoms with Gasteiger partial charge in [-0.2, -0.15) is 0 Å². The smallest absolute Gasteiger partial charge is 0.320 e. The molecule has 115 heavy (non-hydrogen) atoms. The summed E-state index contributed by atoms with van der Waals surface area (Å²) in [7, 11) is 0. The standard InChI is InChI=1S/C23H42N4O7.C20H38N4O5.C19H33N3O7.C17H33N3O3/c1-5-24-8-10-25(16-21(30)31)12-14-27(15-13-26(11-9-24)17-34-18-28)19(22(32)33)6-7-20(29)23(2,3)4;1-5-21-6-8-23(15-19(27)28)10-9-22(14-18(26)20(2,3)4)11-13-24(12-7-21)16-29-17-25;1-19(2,3)16(25)4-5-17(29-15-24)22-10-8-20(12-18(26)27)6-7-21(9-11-22)13-28-14-23;1-5-17(3,4)16(22)13-19-9-7-18(6-2)8-11-20(12-10-19)14-23-15-21/h18-19H,5-17H2,1-4H3,(H,30,31)(H,32,33);17H,5-16H2,1-4H3,(H,27,28);14-15,17H,4-13H2,1-3H3,(H,26,27);15H,5-14H2,1-4H3. The van der Waals surface area contributed by atoms with Gasteiger partial charge in [0.05, 0.1) is 32.7 Å². The number of hydrogen-bond acceptors (Lipinski definition) is 32. The molecule has 0 amide bonds. The summed E-state index contributed by atoms with van der Waals surface area (Å²) in [6.45, 7) is 53.3. The zero-order valence-corrected chi connectivity index (χ0v) is 72.3. The van der Waals surface area contributed by atoms with E-state index in [1.807, 2.05) is 108 Å². The summed E-state index contributed by atoms with van der Waals surface area (Å²) in [6.07, 6.45) is 1.24. The van der Waals surface area contributed by atoms with Crippen molar-refractivity contribution in [2.75, 3.05) is 263 Å². The van der Waals surface area contributed by atoms with E-state index in [-0.39, 0.29) is 81.9 Å². The van der Waals surface area contributed by atoms with Crippen molar-refractivity contribution in [3.63, 3.8) is 0 Å². The number of Topliss-reactive ketones (excluding diaryl/α,β-unsaturated/α-hetero) is 4. The molecule has 4 fully saturated rings.